The number of aliphatic hydroxyl groups is 1. The van der Waals surface area contributed by atoms with Crippen molar-refractivity contribution in [3.8, 4) is 0 Å². The Kier molecular flexibility index (Phi) is 6.39. The molecule has 124 valence electrons. The van der Waals surface area contributed by atoms with E-state index in [4.69, 9.17) is 0 Å². The number of carbonyl (C=O) groups excluding carboxylic acids is 1. The summed E-state index contributed by atoms with van der Waals surface area (Å²) in [5.74, 6) is 1.17. The van der Waals surface area contributed by atoms with Crippen LogP contribution in [0.25, 0.3) is 0 Å². The van der Waals surface area contributed by atoms with Gasteiger partial charge in [0.05, 0.1) is 6.10 Å². The van der Waals surface area contributed by atoms with Crippen LogP contribution in [0.5, 0.6) is 0 Å². The molecule has 0 spiro atoms. The Morgan fingerprint density at radius 3 is 3.09 bits per heavy atom. The lowest BCUT2D eigenvalue weighted by Crippen LogP contribution is -2.47. The molecule has 0 aliphatic carbocycles. The van der Waals surface area contributed by atoms with E-state index < -0.39 is 0 Å². The van der Waals surface area contributed by atoms with Crippen molar-refractivity contribution in [1.29, 1.82) is 0 Å². The molecule has 0 radical (unpaired) electrons. The molecule has 1 aliphatic rings. The van der Waals surface area contributed by atoms with E-state index in [2.05, 4.69) is 27.1 Å². The van der Waals surface area contributed by atoms with E-state index in [0.29, 0.717) is 13.1 Å². The standard InChI is InChI=1S/C16H28N4O2/c1-3-4-5-16-18-9-14(19-16)10-20-7-6-13(15(22)11-20)8-17-12(2)21/h9,13,15,22H,3-8,10-11H2,1-2H3,(H,17,21)(H,18,19)/t13-,15+/m0/s1. The van der Waals surface area contributed by atoms with Gasteiger partial charge in [0, 0.05) is 50.8 Å². The van der Waals surface area contributed by atoms with Gasteiger partial charge in [-0.2, -0.15) is 0 Å². The SMILES string of the molecule is CCCCc1ncc(CN2CC[C@@H](CNC(C)=O)[C@H](O)C2)[nH]1. The lowest BCUT2D eigenvalue weighted by Gasteiger charge is -2.35. The van der Waals surface area contributed by atoms with Crippen LogP contribution in [0.15, 0.2) is 6.20 Å². The average molecular weight is 308 g/mol. The summed E-state index contributed by atoms with van der Waals surface area (Å²) in [7, 11) is 0. The minimum absolute atomic E-state index is 0.0355. The zero-order valence-corrected chi connectivity index (χ0v) is 13.6. The maximum absolute atomic E-state index is 11.0. The number of hydrogen-bond acceptors (Lipinski definition) is 4. The monoisotopic (exact) mass is 308 g/mol. The van der Waals surface area contributed by atoms with Gasteiger partial charge in [-0.05, 0) is 19.4 Å². The van der Waals surface area contributed by atoms with Gasteiger partial charge in [-0.1, -0.05) is 13.3 Å². The van der Waals surface area contributed by atoms with Crippen LogP contribution >= 0.6 is 0 Å². The van der Waals surface area contributed by atoms with Gasteiger partial charge in [-0.15, -0.1) is 0 Å². The number of aromatic amines is 1. The highest BCUT2D eigenvalue weighted by molar-refractivity contribution is 5.72. The van der Waals surface area contributed by atoms with E-state index in [9.17, 15) is 9.90 Å². The van der Waals surface area contributed by atoms with Crippen LogP contribution in [0.3, 0.4) is 0 Å². The first-order valence-corrected chi connectivity index (χ1v) is 8.26. The van der Waals surface area contributed by atoms with E-state index >= 15 is 0 Å². The summed E-state index contributed by atoms with van der Waals surface area (Å²) >= 11 is 0. The highest BCUT2D eigenvalue weighted by Crippen LogP contribution is 2.19. The van der Waals surface area contributed by atoms with E-state index in [0.717, 1.165) is 43.9 Å². The zero-order chi connectivity index (χ0) is 15.9. The van der Waals surface area contributed by atoms with Crippen LogP contribution < -0.4 is 5.32 Å². The minimum Gasteiger partial charge on any atom is -0.391 e. The number of nitrogens with zero attached hydrogens (tertiary/aromatic N) is 2. The van der Waals surface area contributed by atoms with Crippen molar-refractivity contribution in [2.24, 2.45) is 5.92 Å². The third kappa shape index (κ3) is 5.10. The first-order chi connectivity index (χ1) is 10.6. The van der Waals surface area contributed by atoms with Gasteiger partial charge in [0.1, 0.15) is 5.82 Å². The molecule has 6 heteroatoms. The fourth-order valence-corrected chi connectivity index (χ4v) is 2.90. The first kappa shape index (κ1) is 17.0. The second-order valence-electron chi connectivity index (χ2n) is 6.25. The number of likely N-dealkylation sites (tertiary alicyclic amines) is 1. The van der Waals surface area contributed by atoms with Crippen molar-refractivity contribution < 1.29 is 9.90 Å². The van der Waals surface area contributed by atoms with Gasteiger partial charge in [0.2, 0.25) is 5.91 Å². The Bertz CT molecular complexity index is 474. The number of nitrogens with one attached hydrogen (secondary N) is 2. The van der Waals surface area contributed by atoms with Gasteiger partial charge in [0.15, 0.2) is 0 Å². The molecule has 0 bridgehead atoms. The molecule has 0 aromatic carbocycles. The number of hydrogen-bond donors (Lipinski definition) is 3. The minimum atomic E-state index is -0.386. The fraction of sp³-hybridized carbons (Fsp3) is 0.750. The molecular weight excluding hydrogens is 280 g/mol. The van der Waals surface area contributed by atoms with Crippen LogP contribution in [-0.2, 0) is 17.8 Å². The average Bonchev–Trinajstić information content (AvgIpc) is 2.91. The number of aliphatic hydroxyl groups excluding tert-OH is 1. The molecule has 1 aromatic heterocycles. The summed E-state index contributed by atoms with van der Waals surface area (Å²) in [6, 6.07) is 0. The Morgan fingerprint density at radius 2 is 2.41 bits per heavy atom. The van der Waals surface area contributed by atoms with Gasteiger partial charge in [-0.3, -0.25) is 9.69 Å². The first-order valence-electron chi connectivity index (χ1n) is 8.26. The molecule has 1 aliphatic heterocycles. The van der Waals surface area contributed by atoms with Crippen molar-refractivity contribution in [1.82, 2.24) is 20.2 Å². The molecule has 22 heavy (non-hydrogen) atoms. The number of aromatic nitrogens is 2. The summed E-state index contributed by atoms with van der Waals surface area (Å²) < 4.78 is 0. The highest BCUT2D eigenvalue weighted by atomic mass is 16.3. The smallest absolute Gasteiger partial charge is 0.216 e. The number of imidazole rings is 1. The maximum Gasteiger partial charge on any atom is 0.216 e. The lowest BCUT2D eigenvalue weighted by molar-refractivity contribution is -0.119. The van der Waals surface area contributed by atoms with Crippen LogP contribution in [-0.4, -0.2) is 51.6 Å². The van der Waals surface area contributed by atoms with E-state index in [-0.39, 0.29) is 17.9 Å². The van der Waals surface area contributed by atoms with Crippen LogP contribution in [0, 0.1) is 5.92 Å². The Morgan fingerprint density at radius 1 is 1.59 bits per heavy atom. The topological polar surface area (TPSA) is 81.2 Å². The highest BCUT2D eigenvalue weighted by Gasteiger charge is 2.27. The number of aryl methyl sites for hydroxylation is 1. The molecule has 2 atom stereocenters. The number of rotatable bonds is 7. The zero-order valence-electron chi connectivity index (χ0n) is 13.6. The predicted molar refractivity (Wildman–Crippen MR) is 85.3 cm³/mol. The van der Waals surface area contributed by atoms with Crippen molar-refractivity contribution in [2.75, 3.05) is 19.6 Å². The molecule has 1 saturated heterocycles. The summed E-state index contributed by atoms with van der Waals surface area (Å²) in [6.45, 7) is 6.63. The number of β-amino-alcohol motifs (C(OH)–C–C–N with tert-alkyl or cyclic N) is 1. The fourth-order valence-electron chi connectivity index (χ4n) is 2.90. The predicted octanol–water partition coefficient (Wildman–Crippen LogP) is 1.07. The molecule has 2 heterocycles. The quantitative estimate of drug-likeness (QED) is 0.704. The second-order valence-corrected chi connectivity index (χ2v) is 6.25. The van der Waals surface area contributed by atoms with Gasteiger partial charge >= 0.3 is 0 Å². The lowest BCUT2D eigenvalue weighted by atomic mass is 9.93. The summed E-state index contributed by atoms with van der Waals surface area (Å²) in [5.41, 5.74) is 1.11. The molecule has 6 nitrogen and oxygen atoms in total. The Labute approximate surface area is 132 Å². The second kappa shape index (κ2) is 8.29. The number of unbranched alkanes of at least 4 members (excludes halogenated alkanes) is 1. The van der Waals surface area contributed by atoms with Gasteiger partial charge < -0.3 is 15.4 Å². The molecule has 0 unspecified atom stereocenters. The number of amides is 1. The summed E-state index contributed by atoms with van der Waals surface area (Å²) in [5, 5.41) is 13.0. The van der Waals surface area contributed by atoms with E-state index in [1.165, 1.54) is 13.3 Å². The van der Waals surface area contributed by atoms with Crippen LogP contribution in [0.4, 0.5) is 0 Å². The molecule has 3 N–H and O–H groups in total. The third-order valence-electron chi connectivity index (χ3n) is 4.26. The van der Waals surface area contributed by atoms with Crippen molar-refractivity contribution in [3.05, 3.63) is 17.7 Å². The number of H-pyrrole nitrogens is 1. The van der Waals surface area contributed by atoms with Gasteiger partial charge in [-0.25, -0.2) is 4.98 Å². The van der Waals surface area contributed by atoms with Gasteiger partial charge in [0.25, 0.3) is 0 Å². The Balaban J connectivity index is 1.78. The normalized spacial score (nSPS) is 22.7. The molecule has 1 fully saturated rings. The maximum atomic E-state index is 11.0. The molecule has 1 amide bonds. The number of piperidine rings is 1. The molecule has 2 rings (SSSR count). The number of carbonyl (C=O) groups is 1. The Hall–Kier alpha value is -1.40. The molecule has 0 saturated carbocycles. The molecular formula is C16H28N4O2. The summed E-state index contributed by atoms with van der Waals surface area (Å²) in [4.78, 5) is 21.0. The van der Waals surface area contributed by atoms with Crippen molar-refractivity contribution in [2.45, 2.75) is 52.2 Å². The third-order valence-corrected chi connectivity index (χ3v) is 4.26. The van der Waals surface area contributed by atoms with Crippen LogP contribution in [0.1, 0.15) is 44.6 Å². The summed E-state index contributed by atoms with van der Waals surface area (Å²) in [6.07, 6.45) is 5.74. The largest absolute Gasteiger partial charge is 0.391 e. The van der Waals surface area contributed by atoms with E-state index in [1.54, 1.807) is 0 Å². The van der Waals surface area contributed by atoms with Crippen LogP contribution in [0.2, 0.25) is 0 Å². The van der Waals surface area contributed by atoms with E-state index in [1.807, 2.05) is 6.20 Å². The molecule has 1 aromatic rings. The van der Waals surface area contributed by atoms with Crippen molar-refractivity contribution in [3.63, 3.8) is 0 Å². The van der Waals surface area contributed by atoms with Crippen molar-refractivity contribution >= 4 is 5.91 Å².